The smallest absolute Gasteiger partial charge is 0.315 e. The van der Waals surface area contributed by atoms with Crippen molar-refractivity contribution in [1.82, 2.24) is 9.80 Å². The lowest BCUT2D eigenvalue weighted by molar-refractivity contribution is -0.386. The number of alkyl halides is 2. The molecular weight excluding hydrogens is 924 g/mol. The average Bonchev–Trinajstić information content (AvgIpc) is 3.31. The number of hydrogen-bond acceptors (Lipinski definition) is 13. The van der Waals surface area contributed by atoms with E-state index in [4.69, 9.17) is 38.4 Å². The Labute approximate surface area is 396 Å². The van der Waals surface area contributed by atoms with E-state index in [1.807, 2.05) is 67.7 Å². The molecule has 0 bridgehead atoms. The highest BCUT2D eigenvalue weighted by Crippen LogP contribution is 2.39. The van der Waals surface area contributed by atoms with Crippen LogP contribution in [0, 0.1) is 10.1 Å². The van der Waals surface area contributed by atoms with E-state index in [0.717, 1.165) is 68.8 Å². The third-order valence-electron chi connectivity index (χ3n) is 11.8. The lowest BCUT2D eigenvalue weighted by Gasteiger charge is -2.34. The number of benzene rings is 6. The summed E-state index contributed by atoms with van der Waals surface area (Å²) >= 11 is 11.6. The van der Waals surface area contributed by atoms with Crippen LogP contribution in [0.1, 0.15) is 11.1 Å². The van der Waals surface area contributed by atoms with Gasteiger partial charge in [-0.25, -0.2) is 16.8 Å². The zero-order chi connectivity index (χ0) is 47.0. The van der Waals surface area contributed by atoms with E-state index in [0.29, 0.717) is 50.8 Å². The molecule has 8 rings (SSSR count). The summed E-state index contributed by atoms with van der Waals surface area (Å²) in [6.07, 6.45) is 0. The number of hydrogen-bond donors (Lipinski definition) is 1. The van der Waals surface area contributed by atoms with Crippen molar-refractivity contribution in [3.8, 4) is 11.5 Å². The van der Waals surface area contributed by atoms with Crippen molar-refractivity contribution in [2.24, 2.45) is 0 Å². The monoisotopic (exact) mass is 976 g/mol. The molecule has 6 aromatic carbocycles. The third-order valence-corrected chi connectivity index (χ3v) is 15.5. The van der Waals surface area contributed by atoms with Crippen molar-refractivity contribution >= 4 is 87.2 Å². The lowest BCUT2D eigenvalue weighted by atomic mass is 10.1. The first kappa shape index (κ1) is 48.6. The molecule has 2 aliphatic rings. The number of halogens is 2. The maximum Gasteiger partial charge on any atom is 0.315 e. The highest BCUT2D eigenvalue weighted by Gasteiger charge is 2.30. The lowest BCUT2D eigenvalue weighted by Crippen LogP contribution is -2.44. The number of nitrogens with zero attached hydrogens (tertiary/aromatic N) is 5. The number of sulfone groups is 2. The Morgan fingerprint density at radius 1 is 0.591 bits per heavy atom. The van der Waals surface area contributed by atoms with Gasteiger partial charge in [-0.15, -0.1) is 23.2 Å². The van der Waals surface area contributed by atoms with Crippen molar-refractivity contribution in [3.05, 3.63) is 130 Å². The number of rotatable bonds is 15. The number of nitro groups is 1. The Bertz CT molecular complexity index is 2900. The minimum Gasteiger partial charge on any atom is -0.490 e. The number of likely N-dealkylation sites (N-methyl/N-ethyl adjacent to an activating group) is 2. The summed E-state index contributed by atoms with van der Waals surface area (Å²) in [5, 5.41) is 15.0. The first-order valence-electron chi connectivity index (χ1n) is 21.6. The van der Waals surface area contributed by atoms with Crippen molar-refractivity contribution in [2.75, 3.05) is 107 Å². The predicted molar refractivity (Wildman–Crippen MR) is 265 cm³/mol. The molecule has 0 spiro atoms. The van der Waals surface area contributed by atoms with Gasteiger partial charge in [0.1, 0.15) is 19.0 Å². The second-order valence-corrected chi connectivity index (χ2v) is 21.0. The number of nitro benzene ring substituents is 1. The van der Waals surface area contributed by atoms with Crippen molar-refractivity contribution in [1.29, 1.82) is 0 Å². The van der Waals surface area contributed by atoms with E-state index >= 15 is 0 Å². The number of anilines is 3. The van der Waals surface area contributed by atoms with Crippen molar-refractivity contribution in [3.63, 3.8) is 0 Å². The molecule has 2 saturated heterocycles. The minimum atomic E-state index is -3.90. The maximum atomic E-state index is 13.5. The first-order valence-corrected chi connectivity index (χ1v) is 26.0. The normalized spacial score (nSPS) is 15.1. The molecule has 350 valence electrons. The van der Waals surface area contributed by atoms with Crippen LogP contribution in [0.5, 0.6) is 11.5 Å². The maximum absolute atomic E-state index is 13.5. The molecule has 0 atom stereocenters. The topological polar surface area (TPSA) is 169 Å². The summed E-state index contributed by atoms with van der Waals surface area (Å²) in [5.41, 5.74) is 8.64. The fraction of sp³-hybridized carbons (Fsp3) is 0.333. The van der Waals surface area contributed by atoms with E-state index in [-0.39, 0.29) is 40.1 Å². The number of nitrogen functional groups attached to an aromatic ring is 1. The highest BCUT2D eigenvalue weighted by atomic mass is 35.5. The molecule has 66 heavy (non-hydrogen) atoms. The van der Waals surface area contributed by atoms with Gasteiger partial charge in [0, 0.05) is 86.6 Å². The molecule has 2 heterocycles. The molecule has 18 heteroatoms. The fourth-order valence-electron chi connectivity index (χ4n) is 8.27. The SMILES string of the molecule is CN1CCN(c2cc(CS(=O)(=O)c3cccc4ccccc34)c(N)c(OCCCl)c2)CC1.CN1CCN(c2cc(CS(=O)(=O)c3cccc4ccccc34)c([N+](=O)[O-])c(OCCCl)c2)CC1. The molecule has 2 aliphatic heterocycles. The number of fused-ring (bicyclic) bond motifs is 2. The Morgan fingerprint density at radius 3 is 1.47 bits per heavy atom. The molecule has 2 fully saturated rings. The van der Waals surface area contributed by atoms with Gasteiger partial charge in [-0.1, -0.05) is 72.8 Å². The fourth-order valence-corrected chi connectivity index (χ4v) is 11.6. The standard InChI is InChI=1S/C24H26ClN3O5S.C24H28ClN3O3S/c1-26-10-12-27(13-11-26)20-15-19(24(28(29)30)22(16-20)33-14-9-25)17-34(31,32)23-8-4-6-18-5-2-3-7-21(18)23;1-27-10-12-28(13-11-27)20-15-19(24(26)22(16-20)31-14-9-25)17-32(29,30)23-8-4-6-18-5-2-3-7-21(18)23/h2-8,15-16H,9-14,17H2,1H3;2-8,15-16H,9-14,17,26H2,1H3. The molecule has 2 N–H and O–H groups in total. The Morgan fingerprint density at radius 2 is 1.00 bits per heavy atom. The molecular formula is C48H54Cl2N6O8S2. The zero-order valence-electron chi connectivity index (χ0n) is 36.9. The Balaban J connectivity index is 0.000000197. The Hall–Kier alpha value is -5.36. The van der Waals surface area contributed by atoms with Gasteiger partial charge >= 0.3 is 5.69 Å². The van der Waals surface area contributed by atoms with Crippen LogP contribution in [0.25, 0.3) is 21.5 Å². The van der Waals surface area contributed by atoms with Gasteiger partial charge in [0.15, 0.2) is 25.4 Å². The van der Waals surface area contributed by atoms with Gasteiger partial charge in [0.2, 0.25) is 0 Å². The van der Waals surface area contributed by atoms with Crippen LogP contribution in [-0.4, -0.2) is 123 Å². The van der Waals surface area contributed by atoms with Crippen molar-refractivity contribution < 1.29 is 31.2 Å². The molecule has 0 aliphatic carbocycles. The molecule has 14 nitrogen and oxygen atoms in total. The van der Waals surface area contributed by atoms with Gasteiger partial charge in [0.05, 0.1) is 49.2 Å². The summed E-state index contributed by atoms with van der Waals surface area (Å²) in [7, 11) is -3.42. The van der Waals surface area contributed by atoms with Gasteiger partial charge in [-0.3, -0.25) is 10.1 Å². The molecule has 0 saturated carbocycles. The Kier molecular flexibility index (Phi) is 15.8. The summed E-state index contributed by atoms with van der Waals surface area (Å²) < 4.78 is 65.5. The van der Waals surface area contributed by atoms with Gasteiger partial charge in [0.25, 0.3) is 0 Å². The van der Waals surface area contributed by atoms with E-state index in [1.54, 1.807) is 48.5 Å². The molecule has 0 amide bonds. The molecule has 6 aromatic rings. The summed E-state index contributed by atoms with van der Waals surface area (Å²) in [4.78, 5) is 20.7. The zero-order valence-corrected chi connectivity index (χ0v) is 40.1. The molecule has 0 radical (unpaired) electrons. The first-order chi connectivity index (χ1) is 31.7. The van der Waals surface area contributed by atoms with Crippen LogP contribution in [0.2, 0.25) is 0 Å². The van der Waals surface area contributed by atoms with Gasteiger partial charge in [-0.05, 0) is 54.7 Å². The minimum absolute atomic E-state index is 0.0326. The van der Waals surface area contributed by atoms with E-state index in [1.165, 1.54) is 0 Å². The van der Waals surface area contributed by atoms with Crippen LogP contribution in [0.4, 0.5) is 22.7 Å². The highest BCUT2D eigenvalue weighted by molar-refractivity contribution is 7.91. The third kappa shape index (κ3) is 11.4. The van der Waals surface area contributed by atoms with E-state index < -0.39 is 30.4 Å². The number of nitrogens with two attached hydrogens (primary N) is 1. The second-order valence-electron chi connectivity index (χ2n) is 16.4. The predicted octanol–water partition coefficient (Wildman–Crippen LogP) is 7.86. The van der Waals surface area contributed by atoms with Crippen LogP contribution >= 0.6 is 23.2 Å². The number of piperazine rings is 2. The average molecular weight is 978 g/mol. The van der Waals surface area contributed by atoms with Gasteiger partial charge < -0.3 is 34.8 Å². The quantitative estimate of drug-likeness (QED) is 0.0458. The second kappa shape index (κ2) is 21.5. The summed E-state index contributed by atoms with van der Waals surface area (Å²) in [6, 6.07) is 32.1. The van der Waals surface area contributed by atoms with E-state index in [9.17, 15) is 26.9 Å². The summed E-state index contributed by atoms with van der Waals surface area (Å²) in [6.45, 7) is 7.06. The van der Waals surface area contributed by atoms with Crippen LogP contribution < -0.4 is 25.0 Å². The van der Waals surface area contributed by atoms with E-state index in [2.05, 4.69) is 26.6 Å². The van der Waals surface area contributed by atoms with Crippen molar-refractivity contribution in [2.45, 2.75) is 21.3 Å². The largest absolute Gasteiger partial charge is 0.490 e. The van der Waals surface area contributed by atoms with Gasteiger partial charge in [-0.2, -0.15) is 0 Å². The van der Waals surface area contributed by atoms with Crippen LogP contribution in [0.3, 0.4) is 0 Å². The van der Waals surface area contributed by atoms with Crippen LogP contribution in [0.15, 0.2) is 119 Å². The molecule has 0 unspecified atom stereocenters. The van der Waals surface area contributed by atoms with Crippen LogP contribution in [-0.2, 0) is 31.2 Å². The summed E-state index contributed by atoms with van der Waals surface area (Å²) in [5.74, 6) is 0.263. The molecule has 0 aromatic heterocycles. The number of ether oxygens (including phenoxy) is 2.